The van der Waals surface area contributed by atoms with Crippen molar-refractivity contribution in [3.05, 3.63) is 35.4 Å². The fraction of sp³-hybridized carbons (Fsp3) is 0.611. The van der Waals surface area contributed by atoms with Gasteiger partial charge < -0.3 is 4.74 Å². The summed E-state index contributed by atoms with van der Waals surface area (Å²) in [7, 11) is -3.85. The molecule has 176 valence electrons. The lowest BCUT2D eigenvalue weighted by Gasteiger charge is -2.27. The molecule has 0 aromatic heterocycles. The van der Waals surface area contributed by atoms with Crippen molar-refractivity contribution in [1.82, 2.24) is 4.90 Å². The molecule has 1 aromatic rings. The molecule has 0 aliphatic carbocycles. The van der Waals surface area contributed by atoms with Crippen LogP contribution in [0, 0.1) is 0 Å². The van der Waals surface area contributed by atoms with Gasteiger partial charge >= 0.3 is 19.9 Å². The Morgan fingerprint density at radius 3 is 2.23 bits per heavy atom. The van der Waals surface area contributed by atoms with Gasteiger partial charge in [-0.2, -0.15) is 22.0 Å². The Morgan fingerprint density at radius 1 is 1.06 bits per heavy atom. The highest BCUT2D eigenvalue weighted by molar-refractivity contribution is 7.48. The highest BCUT2D eigenvalue weighted by atomic mass is 31.2. The molecule has 1 saturated heterocycles. The van der Waals surface area contributed by atoms with Crippen LogP contribution in [-0.4, -0.2) is 69.0 Å². The third-order valence-corrected chi connectivity index (χ3v) is 5.79. The summed E-state index contributed by atoms with van der Waals surface area (Å²) >= 11 is 0. The van der Waals surface area contributed by atoms with Crippen molar-refractivity contribution in [2.75, 3.05) is 46.2 Å². The molecule has 0 bridgehead atoms. The zero-order valence-corrected chi connectivity index (χ0v) is 17.6. The molecule has 0 spiro atoms. The molecule has 1 aliphatic heterocycles. The Kier molecular flexibility index (Phi) is 9.11. The summed E-state index contributed by atoms with van der Waals surface area (Å²) in [5, 5.41) is 0. The molecule has 1 aliphatic rings. The maximum Gasteiger partial charge on any atom is 0.476 e. The van der Waals surface area contributed by atoms with Crippen molar-refractivity contribution >= 4 is 13.6 Å². The fourth-order valence-electron chi connectivity index (χ4n) is 2.56. The standard InChI is InChI=1S/C18H23F5NO6P/c1-2-28-31(26,30-13-24-8-11-27-12-9-24)29-10-7-14-3-5-15(6-4-14)16(25)17(19,20)18(21,22)23/h3-6H,2,7-13H2,1H3. The number of alkyl halides is 5. The van der Waals surface area contributed by atoms with Gasteiger partial charge in [-0.15, -0.1) is 0 Å². The van der Waals surface area contributed by atoms with E-state index in [4.69, 9.17) is 18.3 Å². The van der Waals surface area contributed by atoms with Crippen molar-refractivity contribution in [3.8, 4) is 0 Å². The Bertz CT molecular complexity index is 768. The molecule has 1 atom stereocenters. The van der Waals surface area contributed by atoms with Crippen LogP contribution in [-0.2, 0) is 29.3 Å². The average molecular weight is 475 g/mol. The molecule has 31 heavy (non-hydrogen) atoms. The first-order valence-electron chi connectivity index (χ1n) is 9.40. The third-order valence-electron chi connectivity index (χ3n) is 4.29. The number of hydrogen-bond donors (Lipinski definition) is 0. The zero-order chi connectivity index (χ0) is 23.1. The van der Waals surface area contributed by atoms with Crippen LogP contribution in [0.4, 0.5) is 22.0 Å². The number of ether oxygens (including phenoxy) is 1. The Hall–Kier alpha value is -1.43. The van der Waals surface area contributed by atoms with E-state index < -0.39 is 31.3 Å². The molecule has 1 unspecified atom stereocenters. The number of phosphoric acid groups is 1. The Balaban J connectivity index is 1.89. The van der Waals surface area contributed by atoms with Gasteiger partial charge in [0.1, 0.15) is 6.73 Å². The first kappa shape index (κ1) is 25.8. The smallest absolute Gasteiger partial charge is 0.379 e. The van der Waals surface area contributed by atoms with E-state index in [0.717, 1.165) is 12.1 Å². The van der Waals surface area contributed by atoms with Gasteiger partial charge in [0.25, 0.3) is 0 Å². The van der Waals surface area contributed by atoms with E-state index in [-0.39, 0.29) is 26.4 Å². The predicted octanol–water partition coefficient (Wildman–Crippen LogP) is 4.08. The van der Waals surface area contributed by atoms with Gasteiger partial charge in [-0.25, -0.2) is 4.57 Å². The number of rotatable bonds is 11. The van der Waals surface area contributed by atoms with Gasteiger partial charge in [0.15, 0.2) is 0 Å². The molecule has 1 fully saturated rings. The molecule has 2 rings (SSSR count). The minimum atomic E-state index is -5.97. The number of hydrogen-bond acceptors (Lipinski definition) is 7. The van der Waals surface area contributed by atoms with Crippen LogP contribution in [0.3, 0.4) is 0 Å². The number of carbonyl (C=O) groups excluding carboxylic acids is 1. The number of carbonyl (C=O) groups is 1. The topological polar surface area (TPSA) is 74.3 Å². The van der Waals surface area contributed by atoms with Crippen LogP contribution < -0.4 is 0 Å². The van der Waals surface area contributed by atoms with Crippen molar-refractivity contribution in [1.29, 1.82) is 0 Å². The van der Waals surface area contributed by atoms with Crippen LogP contribution in [0.5, 0.6) is 0 Å². The van der Waals surface area contributed by atoms with Crippen molar-refractivity contribution < 1.29 is 49.6 Å². The lowest BCUT2D eigenvalue weighted by molar-refractivity contribution is -0.255. The lowest BCUT2D eigenvalue weighted by Crippen LogP contribution is -2.44. The molecular weight excluding hydrogens is 452 g/mol. The maximum absolute atomic E-state index is 13.2. The molecule has 1 heterocycles. The number of morpholine rings is 1. The minimum absolute atomic E-state index is 0.0187. The van der Waals surface area contributed by atoms with E-state index in [9.17, 15) is 31.3 Å². The normalized spacial score (nSPS) is 18.0. The highest BCUT2D eigenvalue weighted by Crippen LogP contribution is 2.49. The van der Waals surface area contributed by atoms with Gasteiger partial charge in [0.2, 0.25) is 5.78 Å². The summed E-state index contributed by atoms with van der Waals surface area (Å²) in [6.07, 6.45) is -5.85. The van der Waals surface area contributed by atoms with E-state index in [1.807, 2.05) is 4.90 Å². The van der Waals surface area contributed by atoms with Crippen LogP contribution >= 0.6 is 7.82 Å². The van der Waals surface area contributed by atoms with Crippen molar-refractivity contribution in [2.24, 2.45) is 0 Å². The molecular formula is C18H23F5NO6P. The highest BCUT2D eigenvalue weighted by Gasteiger charge is 2.63. The predicted molar refractivity (Wildman–Crippen MR) is 99.0 cm³/mol. The molecule has 13 heteroatoms. The molecule has 0 saturated carbocycles. The summed E-state index contributed by atoms with van der Waals surface area (Å²) in [5.41, 5.74) is -0.316. The van der Waals surface area contributed by atoms with Crippen molar-refractivity contribution in [2.45, 2.75) is 25.4 Å². The lowest BCUT2D eigenvalue weighted by atomic mass is 10.0. The number of phosphoric ester groups is 1. The molecule has 1 aromatic carbocycles. The average Bonchev–Trinajstić information content (AvgIpc) is 2.72. The molecule has 0 amide bonds. The summed E-state index contributed by atoms with van der Waals surface area (Å²) < 4.78 is 96.8. The van der Waals surface area contributed by atoms with Crippen LogP contribution in [0.15, 0.2) is 24.3 Å². The van der Waals surface area contributed by atoms with Gasteiger partial charge in [0.05, 0.1) is 26.4 Å². The first-order valence-corrected chi connectivity index (χ1v) is 10.9. The summed E-state index contributed by atoms with van der Waals surface area (Å²) in [4.78, 5) is 13.3. The van der Waals surface area contributed by atoms with Crippen LogP contribution in [0.2, 0.25) is 0 Å². The van der Waals surface area contributed by atoms with Gasteiger partial charge in [-0.05, 0) is 18.9 Å². The molecule has 7 nitrogen and oxygen atoms in total. The van der Waals surface area contributed by atoms with Gasteiger partial charge in [-0.3, -0.25) is 23.3 Å². The number of nitrogens with zero attached hydrogens (tertiary/aromatic N) is 1. The van der Waals surface area contributed by atoms with E-state index in [0.29, 0.717) is 31.9 Å². The molecule has 0 radical (unpaired) electrons. The number of Topliss-reactive ketones (excluding diaryl/α,β-unsaturated/α-hetero) is 1. The Labute approximate surface area is 176 Å². The second-order valence-corrected chi connectivity index (χ2v) is 8.20. The van der Waals surface area contributed by atoms with E-state index in [1.165, 1.54) is 12.1 Å². The fourth-order valence-corrected chi connectivity index (χ4v) is 3.72. The monoisotopic (exact) mass is 475 g/mol. The van der Waals surface area contributed by atoms with E-state index >= 15 is 0 Å². The number of halogens is 5. The quantitative estimate of drug-likeness (QED) is 0.271. The summed E-state index contributed by atoms with van der Waals surface area (Å²) in [6, 6.07) is 4.16. The summed E-state index contributed by atoms with van der Waals surface area (Å²) in [5.74, 6) is -7.81. The zero-order valence-electron chi connectivity index (χ0n) is 16.7. The number of ketones is 1. The number of benzene rings is 1. The first-order chi connectivity index (χ1) is 14.5. The maximum atomic E-state index is 13.2. The third kappa shape index (κ3) is 7.30. The van der Waals surface area contributed by atoms with Gasteiger partial charge in [-0.1, -0.05) is 24.3 Å². The van der Waals surface area contributed by atoms with E-state index in [2.05, 4.69) is 0 Å². The van der Waals surface area contributed by atoms with Crippen LogP contribution in [0.1, 0.15) is 22.8 Å². The molecule has 0 N–H and O–H groups in total. The second kappa shape index (κ2) is 10.9. The summed E-state index contributed by atoms with van der Waals surface area (Å²) in [6.45, 7) is 3.82. The van der Waals surface area contributed by atoms with Gasteiger partial charge in [0, 0.05) is 18.7 Å². The van der Waals surface area contributed by atoms with Crippen molar-refractivity contribution in [3.63, 3.8) is 0 Å². The second-order valence-electron chi connectivity index (χ2n) is 6.54. The largest absolute Gasteiger partial charge is 0.476 e. The van der Waals surface area contributed by atoms with Crippen LogP contribution in [0.25, 0.3) is 0 Å². The SMILES string of the molecule is CCOP(=O)(OCCc1ccc(C(=O)C(F)(F)C(F)(F)F)cc1)OCN1CCOCC1. The Morgan fingerprint density at radius 2 is 1.68 bits per heavy atom. The minimum Gasteiger partial charge on any atom is -0.379 e. The van der Waals surface area contributed by atoms with E-state index in [1.54, 1.807) is 6.92 Å².